The normalized spacial score (nSPS) is 9.71. The first kappa shape index (κ1) is 64.2. The van der Waals surface area contributed by atoms with Crippen molar-refractivity contribution in [2.75, 3.05) is 0 Å². The van der Waals surface area contributed by atoms with Crippen LogP contribution < -0.4 is 0 Å². The van der Waals surface area contributed by atoms with Crippen molar-refractivity contribution < 1.29 is 0 Å². The Kier molecular flexibility index (Phi) is 28.4. The summed E-state index contributed by atoms with van der Waals surface area (Å²) in [6, 6.07) is 18.5. The Bertz CT molecular complexity index is 2710. The molecule has 0 aliphatic rings. The molecule has 390 valence electrons. The maximum absolute atomic E-state index is 4.43. The first-order chi connectivity index (χ1) is 34.0. The molecule has 8 aromatic heterocycles. The highest BCUT2D eigenvalue weighted by molar-refractivity contribution is 5.37. The molecule has 8 heteroatoms. The van der Waals surface area contributed by atoms with E-state index in [9.17, 15) is 0 Å². The minimum absolute atomic E-state index is 1.10. The first-order valence-electron chi connectivity index (χ1n) is 25.2. The zero-order chi connectivity index (χ0) is 55.7. The summed E-state index contributed by atoms with van der Waals surface area (Å²) in [5.41, 5.74) is 30.8. The van der Waals surface area contributed by atoms with Crippen LogP contribution >= 0.6 is 0 Å². The van der Waals surface area contributed by atoms with Crippen molar-refractivity contribution in [2.24, 2.45) is 0 Å². The van der Waals surface area contributed by atoms with E-state index in [-0.39, 0.29) is 0 Å². The van der Waals surface area contributed by atoms with Crippen LogP contribution in [0.1, 0.15) is 140 Å². The summed E-state index contributed by atoms with van der Waals surface area (Å²) in [6.07, 6.45) is 11.2. The lowest BCUT2D eigenvalue weighted by molar-refractivity contribution is 1.03. The van der Waals surface area contributed by atoms with Gasteiger partial charge in [-0.3, -0.25) is 39.9 Å². The van der Waals surface area contributed by atoms with Crippen LogP contribution in [0.5, 0.6) is 0 Å². The lowest BCUT2D eigenvalue weighted by atomic mass is 10.0. The molecule has 0 saturated heterocycles. The fourth-order valence-corrected chi connectivity index (χ4v) is 6.77. The second kappa shape index (κ2) is 32.3. The smallest absolute Gasteiger partial charge is 0.0407 e. The van der Waals surface area contributed by atoms with E-state index in [2.05, 4.69) is 201 Å². The summed E-state index contributed by atoms with van der Waals surface area (Å²) >= 11 is 0. The van der Waals surface area contributed by atoms with Gasteiger partial charge in [0, 0.05) is 94.1 Å². The summed E-state index contributed by atoms with van der Waals surface area (Å²) in [4.78, 5) is 33.5. The van der Waals surface area contributed by atoms with Crippen LogP contribution in [0.2, 0.25) is 0 Å². The molecule has 8 nitrogen and oxygen atoms in total. The van der Waals surface area contributed by atoms with E-state index in [4.69, 9.17) is 0 Å². The zero-order valence-corrected chi connectivity index (χ0v) is 49.7. The van der Waals surface area contributed by atoms with E-state index in [1.165, 1.54) is 83.5 Å². The molecule has 8 rings (SSSR count). The van der Waals surface area contributed by atoms with Crippen LogP contribution in [-0.2, 0) is 0 Å². The van der Waals surface area contributed by atoms with Gasteiger partial charge in [-0.15, -0.1) is 0 Å². The Morgan fingerprint density at radius 3 is 1.12 bits per heavy atom. The first-order valence-corrected chi connectivity index (χ1v) is 25.2. The minimum Gasteiger partial charge on any atom is -0.264 e. The molecule has 0 N–H and O–H groups in total. The standard InChI is InChI=1S/C10H15N.C9H13N.4C8H11N.2C7H9N/c1-6-7(2)9(4)11-10(5)8(6)3;1-6-5-7(2)10-9(4)8(6)3;1-6-4-9-5-7(2)8(6)3;1-6-4-8(3)9-5-7(6)2;1-6-4-7(2)9-8(3)5-6;1-6-4-5-7(2)9-8(6)3;1-6-3-4-8-5-7(6)2;1-6-4-3-5-8-7(6)2/h1-5H3;5H,1-4H3;4*4-5H,1-3H3;2*3-5H,1-2H3. The molecule has 8 heterocycles. The van der Waals surface area contributed by atoms with Crippen LogP contribution in [0.15, 0.2) is 91.8 Å². The Hall–Kier alpha value is -6.80. The van der Waals surface area contributed by atoms with Crippen LogP contribution in [-0.4, -0.2) is 39.9 Å². The number of hydrogen-bond acceptors (Lipinski definition) is 8. The predicted octanol–water partition coefficient (Wildman–Crippen LogP) is 16.4. The lowest BCUT2D eigenvalue weighted by Crippen LogP contribution is -1.98. The van der Waals surface area contributed by atoms with Gasteiger partial charge in [0.25, 0.3) is 0 Å². The summed E-state index contributed by atoms with van der Waals surface area (Å²) in [7, 11) is 0. The van der Waals surface area contributed by atoms with E-state index in [0.717, 1.165) is 56.9 Å². The van der Waals surface area contributed by atoms with Gasteiger partial charge < -0.3 is 0 Å². The maximum Gasteiger partial charge on any atom is 0.0407 e. The molecule has 0 spiro atoms. The largest absolute Gasteiger partial charge is 0.264 e. The summed E-state index contributed by atoms with van der Waals surface area (Å²) in [6.45, 7) is 51.7. The molecule has 0 radical (unpaired) electrons. The van der Waals surface area contributed by atoms with E-state index in [1.54, 1.807) is 0 Å². The van der Waals surface area contributed by atoms with Crippen LogP contribution in [0.3, 0.4) is 0 Å². The second-order valence-corrected chi connectivity index (χ2v) is 19.4. The fourth-order valence-electron chi connectivity index (χ4n) is 6.77. The van der Waals surface area contributed by atoms with Gasteiger partial charge in [-0.25, -0.2) is 0 Å². The molecule has 0 atom stereocenters. The van der Waals surface area contributed by atoms with Crippen molar-refractivity contribution >= 4 is 0 Å². The SMILES string of the molecule is Cc1cc(C)c(C)c(C)n1.Cc1cc(C)c(C)cn1.Cc1cc(C)nc(C)c1.Cc1ccc(C)c(C)n1.Cc1cccnc1C.Cc1ccncc1C.Cc1cncc(C)c1C.Cc1nc(C)c(C)c(C)c1C. The third-order valence-corrected chi connectivity index (χ3v) is 13.0. The molecule has 73 heavy (non-hydrogen) atoms. The fraction of sp³-hybridized carbons (Fsp3) is 0.385. The Balaban J connectivity index is 0.000000418. The Labute approximate surface area is 443 Å². The van der Waals surface area contributed by atoms with Gasteiger partial charge in [-0.05, 0) is 299 Å². The number of nitrogens with zero attached hydrogens (tertiary/aromatic N) is 8. The quantitative estimate of drug-likeness (QED) is 0.148. The van der Waals surface area contributed by atoms with Crippen molar-refractivity contribution in [3.63, 3.8) is 0 Å². The van der Waals surface area contributed by atoms with Gasteiger partial charge in [0.2, 0.25) is 0 Å². The lowest BCUT2D eigenvalue weighted by Gasteiger charge is -2.09. The summed E-state index contributed by atoms with van der Waals surface area (Å²) < 4.78 is 0. The number of aryl methyl sites for hydroxylation is 20. The number of rotatable bonds is 0. The van der Waals surface area contributed by atoms with Crippen LogP contribution in [0, 0.1) is 173 Å². The van der Waals surface area contributed by atoms with Gasteiger partial charge in [-0.2, -0.15) is 0 Å². The van der Waals surface area contributed by atoms with E-state index in [0.29, 0.717) is 0 Å². The molecule has 0 saturated carbocycles. The van der Waals surface area contributed by atoms with Gasteiger partial charge >= 0.3 is 0 Å². The average Bonchev–Trinajstić information content (AvgIpc) is 3.31. The maximum atomic E-state index is 4.43. The van der Waals surface area contributed by atoms with Gasteiger partial charge in [0.05, 0.1) is 0 Å². The number of aromatic nitrogens is 8. The zero-order valence-electron chi connectivity index (χ0n) is 49.7. The molecule has 0 fully saturated rings. The predicted molar refractivity (Wildman–Crippen MR) is 312 cm³/mol. The average molecular weight is 983 g/mol. The Morgan fingerprint density at radius 1 is 0.247 bits per heavy atom. The van der Waals surface area contributed by atoms with Crippen molar-refractivity contribution in [3.05, 3.63) is 232 Å². The Morgan fingerprint density at radius 2 is 0.726 bits per heavy atom. The molecule has 8 aromatic rings. The third kappa shape index (κ3) is 24.5. The molecule has 0 amide bonds. The van der Waals surface area contributed by atoms with Crippen molar-refractivity contribution in [1.82, 2.24) is 39.9 Å². The van der Waals surface area contributed by atoms with Crippen LogP contribution in [0.25, 0.3) is 0 Å². The molecule has 0 bridgehead atoms. The highest BCUT2D eigenvalue weighted by Gasteiger charge is 2.04. The molecule has 0 unspecified atom stereocenters. The minimum atomic E-state index is 1.10. The molecule has 0 aliphatic heterocycles. The topological polar surface area (TPSA) is 103 Å². The third-order valence-electron chi connectivity index (χ3n) is 13.0. The monoisotopic (exact) mass is 983 g/mol. The van der Waals surface area contributed by atoms with Gasteiger partial charge in [-0.1, -0.05) is 12.1 Å². The second-order valence-electron chi connectivity index (χ2n) is 19.4. The summed E-state index contributed by atoms with van der Waals surface area (Å²) in [5, 5.41) is 0. The molecule has 0 aromatic carbocycles. The summed E-state index contributed by atoms with van der Waals surface area (Å²) in [5.74, 6) is 0. The highest BCUT2D eigenvalue weighted by Crippen LogP contribution is 2.17. The van der Waals surface area contributed by atoms with Crippen molar-refractivity contribution in [2.45, 2.75) is 173 Å². The van der Waals surface area contributed by atoms with Gasteiger partial charge in [0.1, 0.15) is 0 Å². The molecular formula is C65H90N8. The van der Waals surface area contributed by atoms with Crippen molar-refractivity contribution in [3.8, 4) is 0 Å². The molecule has 0 aliphatic carbocycles. The number of hydrogen-bond donors (Lipinski definition) is 0. The van der Waals surface area contributed by atoms with Crippen LogP contribution in [0.4, 0.5) is 0 Å². The van der Waals surface area contributed by atoms with E-state index in [1.807, 2.05) is 104 Å². The van der Waals surface area contributed by atoms with Crippen molar-refractivity contribution in [1.29, 1.82) is 0 Å². The molecular weight excluding hydrogens is 893 g/mol. The highest BCUT2D eigenvalue weighted by atomic mass is 14.7. The number of pyridine rings is 8. The van der Waals surface area contributed by atoms with Gasteiger partial charge in [0.15, 0.2) is 0 Å². The van der Waals surface area contributed by atoms with E-state index < -0.39 is 0 Å². The van der Waals surface area contributed by atoms with E-state index >= 15 is 0 Å².